The molecule has 35 heavy (non-hydrogen) atoms. The summed E-state index contributed by atoms with van der Waals surface area (Å²) in [6.45, 7) is 6.18. The molecule has 1 N–H and O–H groups in total. The maximum atomic E-state index is 13.0. The Morgan fingerprint density at radius 1 is 1.20 bits per heavy atom. The third kappa shape index (κ3) is 4.86. The summed E-state index contributed by atoms with van der Waals surface area (Å²) in [6.07, 6.45) is 7.07. The van der Waals surface area contributed by atoms with Crippen LogP contribution in [0.3, 0.4) is 0 Å². The van der Waals surface area contributed by atoms with Crippen LogP contribution in [-0.4, -0.2) is 77.5 Å². The molecule has 184 valence electrons. The Bertz CT molecular complexity index is 1140. The summed E-state index contributed by atoms with van der Waals surface area (Å²) in [4.78, 5) is 35.6. The number of nitrogens with zero attached hydrogens (tertiary/aromatic N) is 6. The summed E-state index contributed by atoms with van der Waals surface area (Å²) in [7, 11) is 0. The first kappa shape index (κ1) is 23.3. The molecular weight excluding hydrogens is 446 g/mol. The number of carbonyl (C=O) groups excluding carboxylic acids is 1. The maximum absolute atomic E-state index is 13.0. The second-order valence-corrected chi connectivity index (χ2v) is 9.65. The van der Waals surface area contributed by atoms with E-state index in [4.69, 9.17) is 10.00 Å². The molecule has 5 rings (SSSR count). The number of rotatable bonds is 6. The lowest BCUT2D eigenvalue weighted by molar-refractivity contribution is -0.145. The van der Waals surface area contributed by atoms with Crippen LogP contribution in [0.1, 0.15) is 36.8 Å². The van der Waals surface area contributed by atoms with Crippen LogP contribution in [0.2, 0.25) is 0 Å². The number of carbonyl (C=O) groups is 1. The smallest absolute Gasteiger partial charge is 0.269 e. The van der Waals surface area contributed by atoms with Crippen molar-refractivity contribution in [3.05, 3.63) is 46.0 Å². The fourth-order valence-corrected chi connectivity index (χ4v) is 5.27. The number of pyridine rings is 1. The average Bonchev–Trinajstić information content (AvgIpc) is 3.33. The standard InChI is InChI=1S/C25H31N7O3/c1-17-22(15-28-29-24(17)33)32-6-2-3-20(32)16-35-21-11-19(12-21)25(34)31-9-7-30(8-10-31)23-5-4-18(13-26)14-27-23/h4-5,14-15,19-21H,2-3,6-12,16H2,1H3,(H,29,33)/t19-,20-,21+/m0/s1. The van der Waals surface area contributed by atoms with Gasteiger partial charge in [-0.25, -0.2) is 10.1 Å². The quantitative estimate of drug-likeness (QED) is 0.664. The Morgan fingerprint density at radius 2 is 2.00 bits per heavy atom. The lowest BCUT2D eigenvalue weighted by Gasteiger charge is -2.41. The number of nitrogens with one attached hydrogen (secondary N) is 1. The first-order valence-electron chi connectivity index (χ1n) is 12.4. The van der Waals surface area contributed by atoms with Crippen LogP contribution >= 0.6 is 0 Å². The lowest BCUT2D eigenvalue weighted by atomic mass is 9.81. The van der Waals surface area contributed by atoms with Crippen molar-refractivity contribution in [1.82, 2.24) is 20.1 Å². The molecule has 10 heteroatoms. The SMILES string of the molecule is Cc1c(N2CCC[C@H]2CO[C@H]2C[C@@H](C(=O)N3CCN(c4ccc(C#N)cn4)CC3)C2)cn[nH]c1=O. The number of aromatic amines is 1. The topological polar surface area (TPSA) is 118 Å². The van der Waals surface area contributed by atoms with E-state index in [0.29, 0.717) is 30.8 Å². The molecule has 2 aliphatic heterocycles. The molecule has 3 aliphatic rings. The molecule has 2 aromatic heterocycles. The monoisotopic (exact) mass is 477 g/mol. The number of hydrogen-bond donors (Lipinski definition) is 1. The largest absolute Gasteiger partial charge is 0.376 e. The van der Waals surface area contributed by atoms with Crippen molar-refractivity contribution in [2.75, 3.05) is 49.1 Å². The Kier molecular flexibility index (Phi) is 6.68. The number of piperazine rings is 1. The van der Waals surface area contributed by atoms with Gasteiger partial charge in [-0.1, -0.05) is 0 Å². The van der Waals surface area contributed by atoms with Gasteiger partial charge in [-0.15, -0.1) is 0 Å². The van der Waals surface area contributed by atoms with Crippen LogP contribution < -0.4 is 15.4 Å². The minimum absolute atomic E-state index is 0.0402. The van der Waals surface area contributed by atoms with Gasteiger partial charge >= 0.3 is 0 Å². The van der Waals surface area contributed by atoms with Gasteiger partial charge in [0.1, 0.15) is 11.9 Å². The van der Waals surface area contributed by atoms with Crippen LogP contribution in [0.15, 0.2) is 29.3 Å². The summed E-state index contributed by atoms with van der Waals surface area (Å²) in [5.74, 6) is 1.11. The Balaban J connectivity index is 1.06. The molecule has 1 aliphatic carbocycles. The van der Waals surface area contributed by atoms with Crippen LogP contribution in [0.5, 0.6) is 0 Å². The van der Waals surface area contributed by atoms with Gasteiger partial charge in [0.15, 0.2) is 0 Å². The van der Waals surface area contributed by atoms with Gasteiger partial charge in [-0.2, -0.15) is 10.4 Å². The van der Waals surface area contributed by atoms with Crippen LogP contribution in [0.4, 0.5) is 11.5 Å². The minimum atomic E-state index is -0.150. The fraction of sp³-hybridized carbons (Fsp3) is 0.560. The van der Waals surface area contributed by atoms with E-state index in [1.54, 1.807) is 18.5 Å². The number of nitriles is 1. The Hall–Kier alpha value is -3.45. The molecule has 0 unspecified atom stereocenters. The molecule has 0 spiro atoms. The lowest BCUT2D eigenvalue weighted by Crippen LogP contribution is -2.53. The van der Waals surface area contributed by atoms with E-state index in [2.05, 4.69) is 31.1 Å². The number of H-pyrrole nitrogens is 1. The van der Waals surface area contributed by atoms with Crippen molar-refractivity contribution >= 4 is 17.4 Å². The second kappa shape index (κ2) is 10.0. The van der Waals surface area contributed by atoms with Crippen molar-refractivity contribution in [3.8, 4) is 6.07 Å². The average molecular weight is 478 g/mol. The highest BCUT2D eigenvalue weighted by Crippen LogP contribution is 2.34. The second-order valence-electron chi connectivity index (χ2n) is 9.65. The van der Waals surface area contributed by atoms with E-state index >= 15 is 0 Å². The number of aromatic nitrogens is 3. The number of ether oxygens (including phenoxy) is 1. The summed E-state index contributed by atoms with van der Waals surface area (Å²) in [5.41, 5.74) is 1.98. The zero-order valence-electron chi connectivity index (χ0n) is 20.0. The predicted molar refractivity (Wildman–Crippen MR) is 130 cm³/mol. The first-order chi connectivity index (χ1) is 17.0. The van der Waals surface area contributed by atoms with Crippen LogP contribution in [0.25, 0.3) is 0 Å². The molecule has 0 aromatic carbocycles. The number of hydrogen-bond acceptors (Lipinski definition) is 8. The molecule has 4 heterocycles. The van der Waals surface area contributed by atoms with E-state index in [-0.39, 0.29) is 29.5 Å². The minimum Gasteiger partial charge on any atom is -0.376 e. The highest BCUT2D eigenvalue weighted by atomic mass is 16.5. The van der Waals surface area contributed by atoms with Gasteiger partial charge in [0, 0.05) is 50.4 Å². The van der Waals surface area contributed by atoms with Crippen molar-refractivity contribution in [2.45, 2.75) is 44.8 Å². The van der Waals surface area contributed by atoms with Crippen LogP contribution in [-0.2, 0) is 9.53 Å². The zero-order valence-corrected chi connectivity index (χ0v) is 20.0. The maximum Gasteiger partial charge on any atom is 0.269 e. The van der Waals surface area contributed by atoms with E-state index < -0.39 is 0 Å². The summed E-state index contributed by atoms with van der Waals surface area (Å²) < 4.78 is 6.19. The molecule has 2 saturated heterocycles. The normalized spacial score (nSPS) is 24.2. The van der Waals surface area contributed by atoms with Crippen LogP contribution in [0, 0.1) is 24.2 Å². The van der Waals surface area contributed by atoms with Crippen molar-refractivity contribution in [3.63, 3.8) is 0 Å². The van der Waals surface area contributed by atoms with Crippen molar-refractivity contribution in [2.24, 2.45) is 5.92 Å². The van der Waals surface area contributed by atoms with Gasteiger partial charge in [0.25, 0.3) is 5.56 Å². The molecule has 2 aromatic rings. The molecule has 3 fully saturated rings. The fourth-order valence-electron chi connectivity index (χ4n) is 5.27. The van der Waals surface area contributed by atoms with Crippen molar-refractivity contribution < 1.29 is 9.53 Å². The predicted octanol–water partition coefficient (Wildman–Crippen LogP) is 1.46. The number of anilines is 2. The van der Waals surface area contributed by atoms with Gasteiger partial charge in [-0.3, -0.25) is 9.59 Å². The zero-order chi connectivity index (χ0) is 24.4. The molecule has 1 amide bonds. The Morgan fingerprint density at radius 3 is 2.71 bits per heavy atom. The molecule has 10 nitrogen and oxygen atoms in total. The molecule has 0 bridgehead atoms. The van der Waals surface area contributed by atoms with Crippen molar-refractivity contribution in [1.29, 1.82) is 5.26 Å². The van der Waals surface area contributed by atoms with E-state index in [0.717, 1.165) is 56.8 Å². The van der Waals surface area contributed by atoms with E-state index in [9.17, 15) is 9.59 Å². The summed E-state index contributed by atoms with van der Waals surface area (Å²) >= 11 is 0. The third-order valence-corrected chi connectivity index (χ3v) is 7.52. The molecule has 1 saturated carbocycles. The highest BCUT2D eigenvalue weighted by molar-refractivity contribution is 5.80. The van der Waals surface area contributed by atoms with Gasteiger partial charge in [0.05, 0.1) is 36.2 Å². The van der Waals surface area contributed by atoms with Gasteiger partial charge in [-0.05, 0) is 44.7 Å². The van der Waals surface area contributed by atoms with Gasteiger partial charge < -0.3 is 19.4 Å². The molecule has 1 atom stereocenters. The summed E-state index contributed by atoms with van der Waals surface area (Å²) in [6, 6.07) is 5.96. The molecule has 0 radical (unpaired) electrons. The van der Waals surface area contributed by atoms with E-state index in [1.807, 2.05) is 17.9 Å². The highest BCUT2D eigenvalue weighted by Gasteiger charge is 2.39. The molecular formula is C25H31N7O3. The van der Waals surface area contributed by atoms with E-state index in [1.165, 1.54) is 0 Å². The third-order valence-electron chi connectivity index (χ3n) is 7.52. The Labute approximate surface area is 204 Å². The van der Waals surface area contributed by atoms with Gasteiger partial charge in [0.2, 0.25) is 5.91 Å². The summed E-state index contributed by atoms with van der Waals surface area (Å²) in [5, 5.41) is 15.4. The first-order valence-corrected chi connectivity index (χ1v) is 12.4. The number of amides is 1.